The minimum absolute atomic E-state index is 0.264. The molecule has 0 radical (unpaired) electrons. The number of anilines is 1. The average molecular weight is 342 g/mol. The van der Waals surface area contributed by atoms with Crippen molar-refractivity contribution in [1.82, 2.24) is 9.97 Å². The van der Waals surface area contributed by atoms with Gasteiger partial charge in [0.1, 0.15) is 11.6 Å². The Kier molecular flexibility index (Phi) is 4.53. The molecule has 1 amide bonds. The summed E-state index contributed by atoms with van der Waals surface area (Å²) >= 11 is 6.15. The summed E-state index contributed by atoms with van der Waals surface area (Å²) in [4.78, 5) is 20.3. The Morgan fingerprint density at radius 1 is 1.17 bits per heavy atom. The van der Waals surface area contributed by atoms with Crippen LogP contribution in [0.3, 0.4) is 0 Å². The first-order valence-electron chi connectivity index (χ1n) is 7.17. The zero-order valence-electron chi connectivity index (χ0n) is 12.8. The summed E-state index contributed by atoms with van der Waals surface area (Å²) in [6, 6.07) is 9.58. The van der Waals surface area contributed by atoms with Crippen molar-refractivity contribution in [1.29, 1.82) is 0 Å². The number of aromatic nitrogens is 2. The van der Waals surface area contributed by atoms with Crippen LogP contribution >= 0.6 is 11.6 Å². The number of halogens is 2. The third-order valence-electron chi connectivity index (χ3n) is 3.48. The van der Waals surface area contributed by atoms with Crippen LogP contribution in [0.15, 0.2) is 55.0 Å². The second-order valence-corrected chi connectivity index (χ2v) is 5.67. The number of nitrogens with one attached hydrogen (secondary N) is 1. The minimum atomic E-state index is -0.468. The Morgan fingerprint density at radius 2 is 2.00 bits per heavy atom. The largest absolute Gasteiger partial charge is 0.307 e. The Bertz CT molecular complexity index is 897. The van der Waals surface area contributed by atoms with E-state index in [0.29, 0.717) is 10.6 Å². The van der Waals surface area contributed by atoms with E-state index in [1.807, 2.05) is 13.0 Å². The lowest BCUT2D eigenvalue weighted by Gasteiger charge is -2.09. The molecule has 0 bridgehead atoms. The molecule has 0 atom stereocenters. The predicted molar refractivity (Wildman–Crippen MR) is 91.6 cm³/mol. The molecule has 3 rings (SSSR count). The molecule has 4 nitrogen and oxygen atoms in total. The van der Waals surface area contributed by atoms with Crippen molar-refractivity contribution in [3.8, 4) is 11.1 Å². The van der Waals surface area contributed by atoms with E-state index in [-0.39, 0.29) is 11.7 Å². The molecule has 2 aromatic heterocycles. The van der Waals surface area contributed by atoms with E-state index in [2.05, 4.69) is 15.3 Å². The number of pyridine rings is 2. The molecule has 0 saturated heterocycles. The number of hydrogen-bond acceptors (Lipinski definition) is 3. The van der Waals surface area contributed by atoms with E-state index in [9.17, 15) is 9.18 Å². The molecule has 0 spiro atoms. The van der Waals surface area contributed by atoms with Gasteiger partial charge in [-0.1, -0.05) is 11.6 Å². The maximum Gasteiger partial charge on any atom is 0.256 e. The van der Waals surface area contributed by atoms with Crippen LogP contribution in [0.2, 0.25) is 5.02 Å². The summed E-state index contributed by atoms with van der Waals surface area (Å²) in [5, 5.41) is 3.05. The second-order valence-electron chi connectivity index (χ2n) is 5.23. The molecular formula is C18H13ClFN3O. The van der Waals surface area contributed by atoms with Crippen LogP contribution in [0.4, 0.5) is 10.2 Å². The van der Waals surface area contributed by atoms with Crippen molar-refractivity contribution in [2.75, 3.05) is 5.32 Å². The van der Waals surface area contributed by atoms with Gasteiger partial charge in [0.05, 0.1) is 6.20 Å². The van der Waals surface area contributed by atoms with Crippen LogP contribution < -0.4 is 5.32 Å². The van der Waals surface area contributed by atoms with E-state index in [0.717, 1.165) is 22.9 Å². The van der Waals surface area contributed by atoms with Crippen molar-refractivity contribution in [3.05, 3.63) is 77.0 Å². The maximum absolute atomic E-state index is 12.9. The van der Waals surface area contributed by atoms with Gasteiger partial charge in [-0.15, -0.1) is 0 Å². The first-order valence-corrected chi connectivity index (χ1v) is 7.55. The Balaban J connectivity index is 1.92. The summed E-state index contributed by atoms with van der Waals surface area (Å²) in [6.07, 6.45) is 4.47. The normalized spacial score (nSPS) is 10.5. The monoisotopic (exact) mass is 341 g/mol. The van der Waals surface area contributed by atoms with Crippen LogP contribution in [0, 0.1) is 12.7 Å². The van der Waals surface area contributed by atoms with Crippen LogP contribution in [-0.4, -0.2) is 15.9 Å². The van der Waals surface area contributed by atoms with Crippen molar-refractivity contribution in [2.45, 2.75) is 6.92 Å². The molecule has 6 heteroatoms. The van der Waals surface area contributed by atoms with Crippen molar-refractivity contribution in [3.63, 3.8) is 0 Å². The van der Waals surface area contributed by atoms with Gasteiger partial charge >= 0.3 is 0 Å². The molecule has 1 aromatic carbocycles. The Morgan fingerprint density at radius 3 is 2.71 bits per heavy atom. The summed E-state index contributed by atoms with van der Waals surface area (Å²) in [7, 11) is 0. The fraction of sp³-hybridized carbons (Fsp3) is 0.0556. The second kappa shape index (κ2) is 6.76. The first-order chi connectivity index (χ1) is 11.5. The van der Waals surface area contributed by atoms with Gasteiger partial charge in [0.2, 0.25) is 0 Å². The minimum Gasteiger partial charge on any atom is -0.307 e. The third-order valence-corrected chi connectivity index (χ3v) is 3.70. The predicted octanol–water partition coefficient (Wildman–Crippen LogP) is 4.50. The highest BCUT2D eigenvalue weighted by molar-refractivity contribution is 6.31. The summed E-state index contributed by atoms with van der Waals surface area (Å²) in [5.41, 5.74) is 3.10. The van der Waals surface area contributed by atoms with Crippen LogP contribution in [0.5, 0.6) is 0 Å². The molecule has 120 valence electrons. The van der Waals surface area contributed by atoms with Crippen molar-refractivity contribution >= 4 is 23.3 Å². The van der Waals surface area contributed by atoms with Gasteiger partial charge in [0, 0.05) is 28.5 Å². The maximum atomic E-state index is 12.9. The smallest absolute Gasteiger partial charge is 0.256 e. The van der Waals surface area contributed by atoms with Crippen molar-refractivity contribution in [2.24, 2.45) is 0 Å². The Labute approximate surface area is 143 Å². The van der Waals surface area contributed by atoms with Gasteiger partial charge in [-0.2, -0.15) is 0 Å². The van der Waals surface area contributed by atoms with Gasteiger partial charge in [-0.3, -0.25) is 9.78 Å². The summed E-state index contributed by atoms with van der Waals surface area (Å²) in [5.74, 6) is -0.579. The van der Waals surface area contributed by atoms with Gasteiger partial charge in [0.15, 0.2) is 0 Å². The number of amides is 1. The molecular weight excluding hydrogens is 329 g/mol. The van der Waals surface area contributed by atoms with E-state index >= 15 is 0 Å². The molecule has 0 fully saturated rings. The lowest BCUT2D eigenvalue weighted by molar-refractivity contribution is 0.102. The number of nitrogens with zero attached hydrogens (tertiary/aromatic N) is 2. The molecule has 0 unspecified atom stereocenters. The fourth-order valence-corrected chi connectivity index (χ4v) is 2.52. The third kappa shape index (κ3) is 3.58. The lowest BCUT2D eigenvalue weighted by atomic mass is 10.0. The van der Waals surface area contributed by atoms with E-state index in [1.165, 1.54) is 12.1 Å². The van der Waals surface area contributed by atoms with Gasteiger partial charge in [-0.05, 0) is 54.4 Å². The van der Waals surface area contributed by atoms with Crippen LogP contribution in [-0.2, 0) is 0 Å². The number of hydrogen-bond donors (Lipinski definition) is 1. The highest BCUT2D eigenvalue weighted by Crippen LogP contribution is 2.27. The lowest BCUT2D eigenvalue weighted by Crippen LogP contribution is -2.13. The number of benzene rings is 1. The quantitative estimate of drug-likeness (QED) is 0.763. The number of carbonyl (C=O) groups is 1. The van der Waals surface area contributed by atoms with Gasteiger partial charge in [-0.25, -0.2) is 9.37 Å². The van der Waals surface area contributed by atoms with E-state index in [4.69, 9.17) is 11.6 Å². The highest BCUT2D eigenvalue weighted by atomic mass is 35.5. The summed E-state index contributed by atoms with van der Waals surface area (Å²) < 4.78 is 12.9. The standard InChI is InChI=1S/C18H13ClFN3O/c1-11-4-5-21-10-16(11)12-6-13(8-14(19)7-12)18(24)23-17-3-2-15(20)9-22-17/h2-10H,1H3,(H,22,23,24). The molecule has 0 aliphatic carbocycles. The molecule has 3 aromatic rings. The molecule has 24 heavy (non-hydrogen) atoms. The SMILES string of the molecule is Cc1ccncc1-c1cc(Cl)cc(C(=O)Nc2ccc(F)cn2)c1. The van der Waals surface area contributed by atoms with Crippen LogP contribution in [0.1, 0.15) is 15.9 Å². The molecule has 0 aliphatic rings. The average Bonchev–Trinajstić information content (AvgIpc) is 2.57. The number of rotatable bonds is 3. The van der Waals surface area contributed by atoms with Crippen molar-refractivity contribution < 1.29 is 9.18 Å². The molecule has 0 aliphatic heterocycles. The Hall–Kier alpha value is -2.79. The summed E-state index contributed by atoms with van der Waals surface area (Å²) in [6.45, 7) is 1.96. The highest BCUT2D eigenvalue weighted by Gasteiger charge is 2.11. The van der Waals surface area contributed by atoms with Gasteiger partial charge in [0.25, 0.3) is 5.91 Å². The van der Waals surface area contributed by atoms with E-state index in [1.54, 1.807) is 30.6 Å². The first kappa shape index (κ1) is 16.1. The number of aryl methyl sites for hydroxylation is 1. The number of carbonyl (C=O) groups excluding carboxylic acids is 1. The van der Waals surface area contributed by atoms with E-state index < -0.39 is 5.82 Å². The van der Waals surface area contributed by atoms with Crippen LogP contribution in [0.25, 0.3) is 11.1 Å². The zero-order chi connectivity index (χ0) is 17.1. The fourth-order valence-electron chi connectivity index (χ4n) is 2.28. The topological polar surface area (TPSA) is 54.9 Å². The molecule has 0 saturated carbocycles. The molecule has 2 heterocycles. The molecule has 1 N–H and O–H groups in total. The van der Waals surface area contributed by atoms with Gasteiger partial charge < -0.3 is 5.32 Å². The zero-order valence-corrected chi connectivity index (χ0v) is 13.5.